The quantitative estimate of drug-likeness (QED) is 0.732. The molecule has 0 radical (unpaired) electrons. The summed E-state index contributed by atoms with van der Waals surface area (Å²) in [6, 6.07) is 11.3. The van der Waals surface area contributed by atoms with Gasteiger partial charge in [-0.15, -0.1) is 0 Å². The molecule has 1 heterocycles. The molecule has 6 nitrogen and oxygen atoms in total. The maximum Gasteiger partial charge on any atom is 0.237 e. The minimum atomic E-state index is -1.12. The lowest BCUT2D eigenvalue weighted by molar-refractivity contribution is -0.140. The monoisotopic (exact) mass is 426 g/mol. The summed E-state index contributed by atoms with van der Waals surface area (Å²) in [5.41, 5.74) is 0.639. The van der Waals surface area contributed by atoms with Crippen molar-refractivity contribution in [3.8, 4) is 6.07 Å². The predicted octanol–water partition coefficient (Wildman–Crippen LogP) is 3.01. The number of benzene rings is 1. The summed E-state index contributed by atoms with van der Waals surface area (Å²) in [4.78, 5) is 27.1. The van der Waals surface area contributed by atoms with Gasteiger partial charge >= 0.3 is 0 Å². The standard InChI is InChI=1S/C24H31FN4O2/c1-17(18-5-3-2-4-6-18)28-22(31)23-7-10-24(11-8-23,12-9-23)27-15-21(30)29-16-19(25)13-20(29)14-26/h2-6,17,19-20,27H,7-13,15-16H2,1H3,(H,28,31)/t17-,19-,20-,23?,24?/m0/s1. The topological polar surface area (TPSA) is 85.2 Å². The van der Waals surface area contributed by atoms with E-state index >= 15 is 0 Å². The van der Waals surface area contributed by atoms with E-state index < -0.39 is 12.2 Å². The number of nitrogens with zero attached hydrogens (tertiary/aromatic N) is 2. The molecule has 4 fully saturated rings. The number of amides is 2. The summed E-state index contributed by atoms with van der Waals surface area (Å²) in [6.45, 7) is 2.14. The first-order valence-corrected chi connectivity index (χ1v) is 11.3. The van der Waals surface area contributed by atoms with Crippen molar-refractivity contribution < 1.29 is 14.0 Å². The van der Waals surface area contributed by atoms with E-state index in [1.54, 1.807) is 0 Å². The fraction of sp³-hybridized carbons (Fsp3) is 0.625. The van der Waals surface area contributed by atoms with Crippen LogP contribution in [0.15, 0.2) is 30.3 Å². The first-order chi connectivity index (χ1) is 14.9. The van der Waals surface area contributed by atoms with Crippen molar-refractivity contribution in [1.29, 1.82) is 5.26 Å². The van der Waals surface area contributed by atoms with Crippen molar-refractivity contribution in [3.05, 3.63) is 35.9 Å². The zero-order chi connectivity index (χ0) is 22.1. The summed E-state index contributed by atoms with van der Waals surface area (Å²) in [5.74, 6) is -0.0749. The molecule has 2 bridgehead atoms. The van der Waals surface area contributed by atoms with Gasteiger partial charge in [-0.05, 0) is 51.0 Å². The molecule has 0 unspecified atom stereocenters. The zero-order valence-electron chi connectivity index (χ0n) is 18.1. The Bertz CT molecular complexity index is 844. The van der Waals surface area contributed by atoms with Crippen LogP contribution in [0.1, 0.15) is 63.5 Å². The van der Waals surface area contributed by atoms with Crippen molar-refractivity contribution >= 4 is 11.8 Å². The number of rotatable bonds is 6. The first-order valence-electron chi connectivity index (χ1n) is 11.3. The van der Waals surface area contributed by atoms with Crippen LogP contribution in [0.5, 0.6) is 0 Å². The number of nitriles is 1. The number of carbonyl (C=O) groups is 2. The minimum absolute atomic E-state index is 0.00855. The summed E-state index contributed by atoms with van der Waals surface area (Å²) in [7, 11) is 0. The molecule has 7 heteroatoms. The third kappa shape index (κ3) is 4.31. The van der Waals surface area contributed by atoms with E-state index in [1.807, 2.05) is 43.3 Å². The average molecular weight is 427 g/mol. The molecule has 1 aromatic carbocycles. The van der Waals surface area contributed by atoms with Gasteiger partial charge in [0, 0.05) is 17.4 Å². The molecule has 2 amide bonds. The zero-order valence-corrected chi connectivity index (χ0v) is 18.1. The van der Waals surface area contributed by atoms with Gasteiger partial charge in [0.15, 0.2) is 0 Å². The molecule has 31 heavy (non-hydrogen) atoms. The van der Waals surface area contributed by atoms with Crippen LogP contribution < -0.4 is 10.6 Å². The van der Waals surface area contributed by atoms with Crippen LogP contribution in [-0.4, -0.2) is 47.6 Å². The normalized spacial score (nSPS) is 33.0. The molecule has 4 aliphatic rings. The Balaban J connectivity index is 1.31. The van der Waals surface area contributed by atoms with Gasteiger partial charge in [0.25, 0.3) is 0 Å². The van der Waals surface area contributed by atoms with E-state index in [4.69, 9.17) is 0 Å². The molecule has 5 rings (SSSR count). The van der Waals surface area contributed by atoms with Gasteiger partial charge in [-0.25, -0.2) is 4.39 Å². The molecule has 3 saturated carbocycles. The fourth-order valence-corrected chi connectivity index (χ4v) is 5.51. The summed E-state index contributed by atoms with van der Waals surface area (Å²) < 4.78 is 13.6. The van der Waals surface area contributed by atoms with Crippen LogP contribution in [0.2, 0.25) is 0 Å². The molecule has 1 saturated heterocycles. The molecule has 3 atom stereocenters. The molecule has 166 valence electrons. The highest BCUT2D eigenvalue weighted by Crippen LogP contribution is 2.52. The van der Waals surface area contributed by atoms with Crippen LogP contribution in [0.25, 0.3) is 0 Å². The fourth-order valence-electron chi connectivity index (χ4n) is 5.51. The van der Waals surface area contributed by atoms with Crippen molar-refractivity contribution in [2.24, 2.45) is 5.41 Å². The second-order valence-corrected chi connectivity index (χ2v) is 9.54. The lowest BCUT2D eigenvalue weighted by atomic mass is 9.57. The molecule has 3 aliphatic carbocycles. The van der Waals surface area contributed by atoms with E-state index in [-0.39, 0.29) is 48.3 Å². The van der Waals surface area contributed by atoms with Gasteiger partial charge in [-0.1, -0.05) is 30.3 Å². The third-order valence-electron chi connectivity index (χ3n) is 7.71. The van der Waals surface area contributed by atoms with Gasteiger partial charge < -0.3 is 15.5 Å². The van der Waals surface area contributed by atoms with Gasteiger partial charge in [0.2, 0.25) is 11.8 Å². The van der Waals surface area contributed by atoms with Crippen molar-refractivity contribution in [3.63, 3.8) is 0 Å². The number of carbonyl (C=O) groups excluding carboxylic acids is 2. The average Bonchev–Trinajstić information content (AvgIpc) is 3.20. The van der Waals surface area contributed by atoms with E-state index in [0.29, 0.717) is 0 Å². The Morgan fingerprint density at radius 3 is 2.45 bits per heavy atom. The second kappa shape index (κ2) is 8.58. The molecule has 1 aliphatic heterocycles. The second-order valence-electron chi connectivity index (χ2n) is 9.54. The number of likely N-dealkylation sites (tertiary alicyclic amines) is 1. The molecular formula is C24H31FN4O2. The summed E-state index contributed by atoms with van der Waals surface area (Å²) in [5, 5.41) is 15.8. The Morgan fingerprint density at radius 2 is 1.84 bits per heavy atom. The van der Waals surface area contributed by atoms with Crippen molar-refractivity contribution in [1.82, 2.24) is 15.5 Å². The third-order valence-corrected chi connectivity index (χ3v) is 7.71. The van der Waals surface area contributed by atoms with Crippen molar-refractivity contribution in [2.45, 2.75) is 75.7 Å². The van der Waals surface area contributed by atoms with Crippen molar-refractivity contribution in [2.75, 3.05) is 13.1 Å². The molecule has 0 spiro atoms. The largest absolute Gasteiger partial charge is 0.349 e. The maximum absolute atomic E-state index is 13.6. The van der Waals surface area contributed by atoms with Crippen LogP contribution >= 0.6 is 0 Å². The highest BCUT2D eigenvalue weighted by Gasteiger charge is 2.52. The number of hydrogen-bond acceptors (Lipinski definition) is 4. The number of nitrogens with one attached hydrogen (secondary N) is 2. The van der Waals surface area contributed by atoms with E-state index in [9.17, 15) is 19.2 Å². The van der Waals surface area contributed by atoms with E-state index in [0.717, 1.165) is 44.1 Å². The van der Waals surface area contributed by atoms with Gasteiger partial charge in [-0.3, -0.25) is 9.59 Å². The van der Waals surface area contributed by atoms with Crippen LogP contribution in [0.4, 0.5) is 4.39 Å². The number of fused-ring (bicyclic) bond motifs is 3. The first kappa shape index (κ1) is 21.8. The van der Waals surface area contributed by atoms with Gasteiger partial charge in [0.1, 0.15) is 12.2 Å². The summed E-state index contributed by atoms with van der Waals surface area (Å²) >= 11 is 0. The maximum atomic E-state index is 13.6. The van der Waals surface area contributed by atoms with E-state index in [2.05, 4.69) is 10.6 Å². The lowest BCUT2D eigenvalue weighted by Gasteiger charge is -2.53. The molecule has 2 N–H and O–H groups in total. The smallest absolute Gasteiger partial charge is 0.237 e. The van der Waals surface area contributed by atoms with E-state index in [1.165, 1.54) is 4.90 Å². The molecule has 1 aromatic rings. The van der Waals surface area contributed by atoms with Gasteiger partial charge in [-0.2, -0.15) is 5.26 Å². The summed E-state index contributed by atoms with van der Waals surface area (Å²) in [6.07, 6.45) is 3.94. The molecular weight excluding hydrogens is 395 g/mol. The Labute approximate surface area is 183 Å². The Morgan fingerprint density at radius 1 is 1.19 bits per heavy atom. The Hall–Kier alpha value is -2.46. The van der Waals surface area contributed by atoms with Crippen LogP contribution in [0, 0.1) is 16.7 Å². The lowest BCUT2D eigenvalue weighted by Crippen LogP contribution is -2.60. The number of halogens is 1. The van der Waals surface area contributed by atoms with Gasteiger partial charge in [0.05, 0.1) is 25.2 Å². The number of hydrogen-bond donors (Lipinski definition) is 2. The highest BCUT2D eigenvalue weighted by molar-refractivity contribution is 5.83. The SMILES string of the molecule is C[C@H](NC(=O)C12CCC(NCC(=O)N3C[C@@H](F)C[C@H]3C#N)(CC1)CC2)c1ccccc1. The molecule has 0 aromatic heterocycles. The predicted molar refractivity (Wildman–Crippen MR) is 114 cm³/mol. The minimum Gasteiger partial charge on any atom is -0.349 e. The van der Waals surface area contributed by atoms with Crippen LogP contribution in [0.3, 0.4) is 0 Å². The highest BCUT2D eigenvalue weighted by atomic mass is 19.1. The van der Waals surface area contributed by atoms with Crippen LogP contribution in [-0.2, 0) is 9.59 Å². The number of alkyl halides is 1. The Kier molecular flexibility index (Phi) is 6.02.